The topological polar surface area (TPSA) is 59.4 Å². The molecule has 1 aliphatic heterocycles. The highest BCUT2D eigenvalue weighted by atomic mass is 16.5. The second kappa shape index (κ2) is 6.28. The van der Waals surface area contributed by atoms with E-state index in [2.05, 4.69) is 15.3 Å². The summed E-state index contributed by atoms with van der Waals surface area (Å²) in [6.07, 6.45) is 3.05. The van der Waals surface area contributed by atoms with Crippen molar-refractivity contribution >= 4 is 17.3 Å². The van der Waals surface area contributed by atoms with Crippen LogP contribution in [0.5, 0.6) is 0 Å². The van der Waals surface area contributed by atoms with E-state index in [1.807, 2.05) is 36.0 Å². The number of rotatable bonds is 3. The lowest BCUT2D eigenvalue weighted by Gasteiger charge is -2.30. The molecule has 2 heterocycles. The number of fused-ring (bicyclic) bond motifs is 1. The molecule has 0 atom stereocenters. The number of hydrogen-bond acceptors (Lipinski definition) is 4. The summed E-state index contributed by atoms with van der Waals surface area (Å²) in [4.78, 5) is 15.0. The van der Waals surface area contributed by atoms with Crippen molar-refractivity contribution in [1.82, 2.24) is 9.78 Å². The van der Waals surface area contributed by atoms with Gasteiger partial charge in [0.05, 0.1) is 24.6 Å². The Morgan fingerprint density at radius 1 is 1.21 bits per heavy atom. The molecule has 2 aliphatic rings. The van der Waals surface area contributed by atoms with Gasteiger partial charge in [0.2, 0.25) is 0 Å². The number of benzene rings is 1. The van der Waals surface area contributed by atoms with Gasteiger partial charge in [-0.25, -0.2) is 0 Å². The Hall–Kier alpha value is -2.34. The monoisotopic (exact) mass is 326 g/mol. The van der Waals surface area contributed by atoms with E-state index in [0.29, 0.717) is 5.69 Å². The number of carbonyl (C=O) groups is 1. The Morgan fingerprint density at radius 3 is 2.83 bits per heavy atom. The first kappa shape index (κ1) is 15.2. The quantitative estimate of drug-likeness (QED) is 0.937. The van der Waals surface area contributed by atoms with E-state index >= 15 is 0 Å². The van der Waals surface area contributed by atoms with Gasteiger partial charge in [0, 0.05) is 31.4 Å². The molecule has 4 rings (SSSR count). The summed E-state index contributed by atoms with van der Waals surface area (Å²) in [5.74, 6) is -0.116. The van der Waals surface area contributed by atoms with Crippen molar-refractivity contribution in [2.75, 3.05) is 36.5 Å². The SMILES string of the molecule is Cn1nc(C(=O)Nc2ccccc2N2CCOCC2)c2c1CCC2. The molecule has 0 bridgehead atoms. The van der Waals surface area contributed by atoms with Gasteiger partial charge in [-0.15, -0.1) is 0 Å². The second-order valence-corrected chi connectivity index (χ2v) is 6.32. The van der Waals surface area contributed by atoms with Crippen LogP contribution >= 0.6 is 0 Å². The lowest BCUT2D eigenvalue weighted by atomic mass is 10.1. The maximum Gasteiger partial charge on any atom is 0.276 e. The summed E-state index contributed by atoms with van der Waals surface area (Å²) in [6, 6.07) is 7.94. The van der Waals surface area contributed by atoms with Crippen molar-refractivity contribution < 1.29 is 9.53 Å². The molecule has 0 unspecified atom stereocenters. The van der Waals surface area contributed by atoms with Crippen LogP contribution in [0.1, 0.15) is 28.2 Å². The summed E-state index contributed by atoms with van der Waals surface area (Å²) < 4.78 is 7.28. The fraction of sp³-hybridized carbons (Fsp3) is 0.444. The maximum absolute atomic E-state index is 12.8. The zero-order valence-corrected chi connectivity index (χ0v) is 13.9. The van der Waals surface area contributed by atoms with E-state index in [1.165, 1.54) is 5.69 Å². The van der Waals surface area contributed by atoms with Crippen molar-refractivity contribution in [3.05, 3.63) is 41.2 Å². The fourth-order valence-corrected chi connectivity index (χ4v) is 3.63. The van der Waals surface area contributed by atoms with E-state index < -0.39 is 0 Å². The average Bonchev–Trinajstić information content (AvgIpc) is 3.20. The van der Waals surface area contributed by atoms with E-state index in [4.69, 9.17) is 4.74 Å². The van der Waals surface area contributed by atoms with E-state index in [-0.39, 0.29) is 5.91 Å². The highest BCUT2D eigenvalue weighted by molar-refractivity contribution is 6.05. The number of para-hydroxylation sites is 2. The number of aromatic nitrogens is 2. The summed E-state index contributed by atoms with van der Waals surface area (Å²) in [6.45, 7) is 3.11. The lowest BCUT2D eigenvalue weighted by Crippen LogP contribution is -2.36. The number of nitrogens with zero attached hydrogens (tertiary/aromatic N) is 3. The molecular formula is C18H22N4O2. The molecule has 1 saturated heterocycles. The van der Waals surface area contributed by atoms with Gasteiger partial charge in [-0.1, -0.05) is 12.1 Å². The minimum Gasteiger partial charge on any atom is -0.378 e. The van der Waals surface area contributed by atoms with Gasteiger partial charge in [-0.2, -0.15) is 5.10 Å². The highest BCUT2D eigenvalue weighted by Gasteiger charge is 2.26. The minimum absolute atomic E-state index is 0.116. The normalized spacial score (nSPS) is 17.0. The highest BCUT2D eigenvalue weighted by Crippen LogP contribution is 2.29. The third-order valence-corrected chi connectivity index (χ3v) is 4.83. The van der Waals surface area contributed by atoms with Gasteiger partial charge in [0.15, 0.2) is 5.69 Å². The summed E-state index contributed by atoms with van der Waals surface area (Å²) in [7, 11) is 1.92. The number of nitrogens with one attached hydrogen (secondary N) is 1. The van der Waals surface area contributed by atoms with E-state index in [0.717, 1.165) is 62.5 Å². The Kier molecular flexibility index (Phi) is 3.98. The zero-order valence-electron chi connectivity index (χ0n) is 13.9. The van der Waals surface area contributed by atoms with Gasteiger partial charge in [-0.05, 0) is 31.4 Å². The van der Waals surface area contributed by atoms with Crippen molar-refractivity contribution in [3.8, 4) is 0 Å². The van der Waals surface area contributed by atoms with Crippen LogP contribution < -0.4 is 10.2 Å². The second-order valence-electron chi connectivity index (χ2n) is 6.32. The molecule has 24 heavy (non-hydrogen) atoms. The minimum atomic E-state index is -0.116. The van der Waals surface area contributed by atoms with Crippen LogP contribution in [0.25, 0.3) is 0 Å². The number of aryl methyl sites for hydroxylation is 1. The standard InChI is InChI=1S/C18H22N4O2/c1-21-15-8-4-5-13(15)17(20-21)18(23)19-14-6-2-3-7-16(14)22-9-11-24-12-10-22/h2-3,6-7H,4-5,8-12H2,1H3,(H,19,23). The lowest BCUT2D eigenvalue weighted by molar-refractivity contribution is 0.102. The molecule has 0 spiro atoms. The predicted octanol–water partition coefficient (Wildman–Crippen LogP) is 2.00. The molecule has 1 amide bonds. The van der Waals surface area contributed by atoms with Crippen LogP contribution in [-0.4, -0.2) is 42.0 Å². The van der Waals surface area contributed by atoms with Crippen molar-refractivity contribution in [3.63, 3.8) is 0 Å². The average molecular weight is 326 g/mol. The predicted molar refractivity (Wildman–Crippen MR) is 92.7 cm³/mol. The largest absolute Gasteiger partial charge is 0.378 e. The van der Waals surface area contributed by atoms with Crippen LogP contribution in [0, 0.1) is 0 Å². The molecule has 0 radical (unpaired) electrons. The zero-order chi connectivity index (χ0) is 16.5. The first-order chi connectivity index (χ1) is 11.7. The van der Waals surface area contributed by atoms with Crippen LogP contribution in [0.4, 0.5) is 11.4 Å². The summed E-state index contributed by atoms with van der Waals surface area (Å²) in [5.41, 5.74) is 4.76. The van der Waals surface area contributed by atoms with Gasteiger partial charge >= 0.3 is 0 Å². The first-order valence-corrected chi connectivity index (χ1v) is 8.52. The van der Waals surface area contributed by atoms with Gasteiger partial charge in [-0.3, -0.25) is 9.48 Å². The van der Waals surface area contributed by atoms with Crippen LogP contribution in [-0.2, 0) is 24.6 Å². The van der Waals surface area contributed by atoms with Crippen molar-refractivity contribution in [2.45, 2.75) is 19.3 Å². The van der Waals surface area contributed by atoms with E-state index in [1.54, 1.807) is 0 Å². The third kappa shape index (κ3) is 2.67. The summed E-state index contributed by atoms with van der Waals surface area (Å²) >= 11 is 0. The van der Waals surface area contributed by atoms with Crippen molar-refractivity contribution in [2.24, 2.45) is 7.05 Å². The Bertz CT molecular complexity index is 762. The molecule has 126 valence electrons. The Balaban J connectivity index is 1.59. The molecule has 1 aromatic heterocycles. The van der Waals surface area contributed by atoms with Gasteiger partial charge in [0.1, 0.15) is 0 Å². The van der Waals surface area contributed by atoms with Crippen LogP contribution in [0.3, 0.4) is 0 Å². The molecule has 2 aromatic rings. The molecular weight excluding hydrogens is 304 g/mol. The van der Waals surface area contributed by atoms with Crippen LogP contribution in [0.2, 0.25) is 0 Å². The molecule has 1 aromatic carbocycles. The molecule has 1 aliphatic carbocycles. The Morgan fingerprint density at radius 2 is 2.00 bits per heavy atom. The van der Waals surface area contributed by atoms with Crippen molar-refractivity contribution in [1.29, 1.82) is 0 Å². The molecule has 0 saturated carbocycles. The molecule has 6 heteroatoms. The first-order valence-electron chi connectivity index (χ1n) is 8.52. The number of ether oxygens (including phenoxy) is 1. The fourth-order valence-electron chi connectivity index (χ4n) is 3.63. The number of hydrogen-bond donors (Lipinski definition) is 1. The number of amides is 1. The molecule has 1 fully saturated rings. The van der Waals surface area contributed by atoms with E-state index in [9.17, 15) is 4.79 Å². The van der Waals surface area contributed by atoms with Crippen LogP contribution in [0.15, 0.2) is 24.3 Å². The maximum atomic E-state index is 12.8. The van der Waals surface area contributed by atoms with Gasteiger partial charge < -0.3 is 15.0 Å². The summed E-state index contributed by atoms with van der Waals surface area (Å²) in [5, 5.41) is 7.51. The smallest absolute Gasteiger partial charge is 0.276 e. The Labute approximate surface area is 141 Å². The van der Waals surface area contributed by atoms with Gasteiger partial charge in [0.25, 0.3) is 5.91 Å². The number of morpholine rings is 1. The molecule has 1 N–H and O–H groups in total. The molecule has 6 nitrogen and oxygen atoms in total. The third-order valence-electron chi connectivity index (χ3n) is 4.83. The number of carbonyl (C=O) groups excluding carboxylic acids is 1. The number of anilines is 2.